The summed E-state index contributed by atoms with van der Waals surface area (Å²) in [5.41, 5.74) is 0.517. The van der Waals surface area contributed by atoms with Crippen molar-refractivity contribution < 1.29 is 28.5 Å². The number of ether oxygens (including phenoxy) is 4. The molecule has 0 aliphatic rings. The highest BCUT2D eigenvalue weighted by Gasteiger charge is 2.11. The lowest BCUT2D eigenvalue weighted by atomic mass is 10.2. The summed E-state index contributed by atoms with van der Waals surface area (Å²) in [5, 5.41) is 2.65. The van der Waals surface area contributed by atoms with Crippen LogP contribution in [-0.4, -0.2) is 38.3 Å². The molecule has 0 saturated heterocycles. The van der Waals surface area contributed by atoms with Gasteiger partial charge in [-0.1, -0.05) is 18.2 Å². The first kappa shape index (κ1) is 20.1. The number of amides is 1. The van der Waals surface area contributed by atoms with Crippen LogP contribution in [0.1, 0.15) is 13.8 Å². The molecule has 0 aromatic heterocycles. The predicted molar refractivity (Wildman–Crippen MR) is 100 cm³/mol. The van der Waals surface area contributed by atoms with Gasteiger partial charge in [-0.3, -0.25) is 4.79 Å². The van der Waals surface area contributed by atoms with Gasteiger partial charge in [0.15, 0.2) is 24.7 Å². The fourth-order valence-electron chi connectivity index (χ4n) is 2.17. The minimum absolute atomic E-state index is 0.269. The van der Waals surface area contributed by atoms with Crippen LogP contribution in [-0.2, 0) is 14.3 Å². The third kappa shape index (κ3) is 6.89. The van der Waals surface area contributed by atoms with E-state index in [1.54, 1.807) is 42.5 Å². The van der Waals surface area contributed by atoms with Gasteiger partial charge in [-0.2, -0.15) is 0 Å². The molecule has 0 heterocycles. The summed E-state index contributed by atoms with van der Waals surface area (Å²) in [5.74, 6) is 0.592. The first-order valence-electron chi connectivity index (χ1n) is 8.65. The Kier molecular flexibility index (Phi) is 7.96. The summed E-state index contributed by atoms with van der Waals surface area (Å²) >= 11 is 0. The van der Waals surface area contributed by atoms with Gasteiger partial charge in [-0.15, -0.1) is 0 Å². The number of benzene rings is 2. The summed E-state index contributed by atoms with van der Waals surface area (Å²) in [6.07, 6.45) is 0. The van der Waals surface area contributed by atoms with Crippen molar-refractivity contribution in [2.75, 3.05) is 31.7 Å². The second-order valence-corrected chi connectivity index (χ2v) is 5.34. The Bertz CT molecular complexity index is 747. The summed E-state index contributed by atoms with van der Waals surface area (Å²) in [4.78, 5) is 23.6. The highest BCUT2D eigenvalue weighted by atomic mass is 16.6. The molecule has 0 aliphatic heterocycles. The topological polar surface area (TPSA) is 83.1 Å². The van der Waals surface area contributed by atoms with Crippen LogP contribution in [0, 0.1) is 0 Å². The van der Waals surface area contributed by atoms with Crippen LogP contribution >= 0.6 is 0 Å². The van der Waals surface area contributed by atoms with E-state index in [4.69, 9.17) is 18.9 Å². The minimum Gasteiger partial charge on any atom is -0.490 e. The third-order valence-corrected chi connectivity index (χ3v) is 3.29. The second kappa shape index (κ2) is 10.7. The molecule has 2 aromatic rings. The molecule has 0 radical (unpaired) electrons. The molecular formula is C20H23NO6. The molecule has 27 heavy (non-hydrogen) atoms. The molecule has 144 valence electrons. The average molecular weight is 373 g/mol. The molecule has 1 amide bonds. The number of hydrogen-bond donors (Lipinski definition) is 1. The van der Waals surface area contributed by atoms with Gasteiger partial charge in [0.1, 0.15) is 5.75 Å². The highest BCUT2D eigenvalue weighted by molar-refractivity contribution is 5.93. The van der Waals surface area contributed by atoms with Crippen LogP contribution in [0.15, 0.2) is 48.5 Å². The molecule has 0 bridgehead atoms. The van der Waals surface area contributed by atoms with E-state index in [0.29, 0.717) is 36.1 Å². The van der Waals surface area contributed by atoms with Crippen LogP contribution in [0.25, 0.3) is 0 Å². The monoisotopic (exact) mass is 373 g/mol. The van der Waals surface area contributed by atoms with Crippen LogP contribution in [0.3, 0.4) is 0 Å². The van der Waals surface area contributed by atoms with E-state index >= 15 is 0 Å². The van der Waals surface area contributed by atoms with Crippen molar-refractivity contribution >= 4 is 17.6 Å². The van der Waals surface area contributed by atoms with Gasteiger partial charge in [0.05, 0.1) is 13.2 Å². The number of para-hydroxylation sites is 1. The zero-order chi connectivity index (χ0) is 19.5. The molecule has 0 atom stereocenters. The zero-order valence-corrected chi connectivity index (χ0v) is 15.4. The second-order valence-electron chi connectivity index (χ2n) is 5.34. The van der Waals surface area contributed by atoms with Crippen molar-refractivity contribution in [3.63, 3.8) is 0 Å². The summed E-state index contributed by atoms with van der Waals surface area (Å²) in [7, 11) is 0. The van der Waals surface area contributed by atoms with Crippen molar-refractivity contribution in [3.05, 3.63) is 48.5 Å². The number of anilines is 1. The Morgan fingerprint density at radius 3 is 2.26 bits per heavy atom. The molecular weight excluding hydrogens is 350 g/mol. The maximum absolute atomic E-state index is 12.0. The Morgan fingerprint density at radius 1 is 0.852 bits per heavy atom. The van der Waals surface area contributed by atoms with Crippen LogP contribution < -0.4 is 19.5 Å². The third-order valence-electron chi connectivity index (χ3n) is 3.29. The normalized spacial score (nSPS) is 10.0. The first-order valence-corrected chi connectivity index (χ1v) is 8.65. The number of hydrogen-bond acceptors (Lipinski definition) is 6. The van der Waals surface area contributed by atoms with Gasteiger partial charge in [-0.25, -0.2) is 4.79 Å². The molecule has 0 aliphatic carbocycles. The average Bonchev–Trinajstić information content (AvgIpc) is 2.68. The molecule has 2 rings (SSSR count). The number of nitrogens with one attached hydrogen (secondary N) is 1. The van der Waals surface area contributed by atoms with Crippen LogP contribution in [0.5, 0.6) is 17.2 Å². The summed E-state index contributed by atoms with van der Waals surface area (Å²) < 4.78 is 21.1. The Morgan fingerprint density at radius 2 is 1.56 bits per heavy atom. The van der Waals surface area contributed by atoms with E-state index in [-0.39, 0.29) is 6.61 Å². The molecule has 0 spiro atoms. The van der Waals surface area contributed by atoms with Crippen LogP contribution in [0.2, 0.25) is 0 Å². The van der Waals surface area contributed by atoms with E-state index < -0.39 is 18.5 Å². The van der Waals surface area contributed by atoms with Gasteiger partial charge in [0, 0.05) is 11.8 Å². The lowest BCUT2D eigenvalue weighted by molar-refractivity contribution is -0.149. The lowest BCUT2D eigenvalue weighted by Gasteiger charge is -2.13. The SMILES string of the molecule is CCOc1ccc(NC(=O)COC(=O)COc2ccccc2)cc1OCC. The van der Waals surface area contributed by atoms with E-state index in [1.165, 1.54) is 0 Å². The molecule has 2 aromatic carbocycles. The Labute approximate surface area is 158 Å². The van der Waals surface area contributed by atoms with Crippen molar-refractivity contribution in [2.24, 2.45) is 0 Å². The smallest absolute Gasteiger partial charge is 0.344 e. The highest BCUT2D eigenvalue weighted by Crippen LogP contribution is 2.30. The van der Waals surface area contributed by atoms with Gasteiger partial charge in [0.25, 0.3) is 5.91 Å². The van der Waals surface area contributed by atoms with Crippen molar-refractivity contribution in [1.29, 1.82) is 0 Å². The van der Waals surface area contributed by atoms with E-state index in [2.05, 4.69) is 5.32 Å². The van der Waals surface area contributed by atoms with Crippen molar-refractivity contribution in [2.45, 2.75) is 13.8 Å². The maximum Gasteiger partial charge on any atom is 0.344 e. The Balaban J connectivity index is 1.80. The maximum atomic E-state index is 12.0. The standard InChI is InChI=1S/C20H23NO6/c1-3-24-17-11-10-15(12-18(17)25-4-2)21-19(22)13-27-20(23)14-26-16-8-6-5-7-9-16/h5-12H,3-4,13-14H2,1-2H3,(H,21,22). The molecule has 7 nitrogen and oxygen atoms in total. The van der Waals surface area contributed by atoms with E-state index in [9.17, 15) is 9.59 Å². The number of carbonyl (C=O) groups excluding carboxylic acids is 2. The fourth-order valence-corrected chi connectivity index (χ4v) is 2.17. The number of carbonyl (C=O) groups is 2. The zero-order valence-electron chi connectivity index (χ0n) is 15.4. The lowest BCUT2D eigenvalue weighted by Crippen LogP contribution is -2.23. The molecule has 0 unspecified atom stereocenters. The van der Waals surface area contributed by atoms with Crippen molar-refractivity contribution in [3.8, 4) is 17.2 Å². The predicted octanol–water partition coefficient (Wildman–Crippen LogP) is 3.04. The molecule has 7 heteroatoms. The fraction of sp³-hybridized carbons (Fsp3) is 0.300. The summed E-state index contributed by atoms with van der Waals surface area (Å²) in [6.45, 7) is 4.03. The van der Waals surface area contributed by atoms with Gasteiger partial charge in [0.2, 0.25) is 0 Å². The summed E-state index contributed by atoms with van der Waals surface area (Å²) in [6, 6.07) is 13.9. The first-order chi connectivity index (χ1) is 13.1. The van der Waals surface area contributed by atoms with E-state index in [0.717, 1.165) is 0 Å². The van der Waals surface area contributed by atoms with Gasteiger partial charge >= 0.3 is 5.97 Å². The van der Waals surface area contributed by atoms with Gasteiger partial charge < -0.3 is 24.3 Å². The minimum atomic E-state index is -0.629. The largest absolute Gasteiger partial charge is 0.490 e. The van der Waals surface area contributed by atoms with Crippen LogP contribution in [0.4, 0.5) is 5.69 Å². The van der Waals surface area contributed by atoms with E-state index in [1.807, 2.05) is 19.9 Å². The molecule has 1 N–H and O–H groups in total. The number of rotatable bonds is 10. The van der Waals surface area contributed by atoms with Gasteiger partial charge in [-0.05, 0) is 38.1 Å². The quantitative estimate of drug-likeness (QED) is 0.645. The molecule has 0 saturated carbocycles. The number of esters is 1. The Hall–Kier alpha value is -3.22. The van der Waals surface area contributed by atoms with Crippen molar-refractivity contribution in [1.82, 2.24) is 0 Å². The molecule has 0 fully saturated rings.